The maximum absolute atomic E-state index is 12.2. The maximum Gasteiger partial charge on any atom is 0.338 e. The number of benzene rings is 1. The highest BCUT2D eigenvalue weighted by molar-refractivity contribution is 5.90. The van der Waals surface area contributed by atoms with E-state index in [1.807, 2.05) is 0 Å². The molecule has 0 saturated heterocycles. The van der Waals surface area contributed by atoms with Crippen molar-refractivity contribution in [1.82, 2.24) is 4.98 Å². The average molecular weight is 449 g/mol. The first-order valence-corrected chi connectivity index (χ1v) is 9.77. The molecule has 1 aromatic carbocycles. The van der Waals surface area contributed by atoms with Crippen LogP contribution in [0, 0.1) is 21.4 Å². The van der Waals surface area contributed by atoms with Crippen LogP contribution in [0.2, 0.25) is 0 Å². The van der Waals surface area contributed by atoms with Gasteiger partial charge in [0.05, 0.1) is 29.3 Å². The molecular weight excluding hydrogens is 430 g/mol. The second-order valence-electron chi connectivity index (χ2n) is 6.71. The lowest BCUT2D eigenvalue weighted by Gasteiger charge is -2.06. The van der Waals surface area contributed by atoms with Crippen LogP contribution in [0.1, 0.15) is 39.9 Å². The molecule has 0 bridgehead atoms. The number of nitriles is 1. The third-order valence-electron chi connectivity index (χ3n) is 4.62. The molecule has 0 saturated carbocycles. The number of carbonyl (C=O) groups is 1. The van der Waals surface area contributed by atoms with Crippen molar-refractivity contribution < 1.29 is 23.6 Å². The normalized spacial score (nSPS) is 10.8. The molecule has 33 heavy (non-hydrogen) atoms. The maximum atomic E-state index is 12.2. The highest BCUT2D eigenvalue weighted by Crippen LogP contribution is 2.27. The van der Waals surface area contributed by atoms with E-state index in [0.29, 0.717) is 22.6 Å². The SMILES string of the molecule is CCOC(=O)c1ccc(-c2ccc(C=Cc3[nH]c(=O)c(C#N)c(COC)c3[N+](=O)[O-])o2)cc1. The number of nitrogens with one attached hydrogen (secondary N) is 1. The van der Waals surface area contributed by atoms with Gasteiger partial charge in [0, 0.05) is 12.7 Å². The number of ether oxygens (including phenoxy) is 2. The van der Waals surface area contributed by atoms with Gasteiger partial charge in [-0.05, 0) is 43.3 Å². The summed E-state index contributed by atoms with van der Waals surface area (Å²) in [5, 5.41) is 20.9. The van der Waals surface area contributed by atoms with Crippen molar-refractivity contribution in [3.05, 3.63) is 85.0 Å². The number of nitro groups is 1. The molecule has 0 radical (unpaired) electrons. The number of esters is 1. The van der Waals surface area contributed by atoms with Crippen LogP contribution in [0.3, 0.4) is 0 Å². The van der Waals surface area contributed by atoms with Gasteiger partial charge in [0.2, 0.25) is 0 Å². The zero-order chi connectivity index (χ0) is 24.0. The van der Waals surface area contributed by atoms with Gasteiger partial charge in [0.1, 0.15) is 28.8 Å². The zero-order valence-corrected chi connectivity index (χ0v) is 17.8. The van der Waals surface area contributed by atoms with Crippen LogP contribution in [-0.2, 0) is 16.1 Å². The first-order valence-electron chi connectivity index (χ1n) is 9.77. The van der Waals surface area contributed by atoms with Gasteiger partial charge in [-0.1, -0.05) is 12.1 Å². The number of hydrogen-bond acceptors (Lipinski definition) is 8. The van der Waals surface area contributed by atoms with E-state index in [4.69, 9.17) is 13.9 Å². The Morgan fingerprint density at radius 1 is 1.24 bits per heavy atom. The molecule has 0 amide bonds. The minimum atomic E-state index is -0.753. The highest BCUT2D eigenvalue weighted by atomic mass is 16.6. The Morgan fingerprint density at radius 3 is 2.58 bits per heavy atom. The minimum Gasteiger partial charge on any atom is -0.462 e. The van der Waals surface area contributed by atoms with Crippen molar-refractivity contribution in [3.8, 4) is 17.4 Å². The molecule has 10 heteroatoms. The fourth-order valence-electron chi connectivity index (χ4n) is 3.14. The molecule has 0 fully saturated rings. The summed E-state index contributed by atoms with van der Waals surface area (Å²) in [5.74, 6) is 0.457. The molecule has 0 atom stereocenters. The molecule has 2 heterocycles. The van der Waals surface area contributed by atoms with Crippen LogP contribution >= 0.6 is 0 Å². The van der Waals surface area contributed by atoms with E-state index in [1.54, 1.807) is 49.4 Å². The zero-order valence-electron chi connectivity index (χ0n) is 17.8. The largest absolute Gasteiger partial charge is 0.462 e. The van der Waals surface area contributed by atoms with E-state index in [2.05, 4.69) is 4.98 Å². The fourth-order valence-corrected chi connectivity index (χ4v) is 3.14. The summed E-state index contributed by atoms with van der Waals surface area (Å²) in [5.41, 5.74) is -0.614. The van der Waals surface area contributed by atoms with Crippen LogP contribution in [0.25, 0.3) is 23.5 Å². The lowest BCUT2D eigenvalue weighted by molar-refractivity contribution is -0.386. The van der Waals surface area contributed by atoms with Gasteiger partial charge in [0.25, 0.3) is 11.2 Å². The number of furan rings is 1. The predicted molar refractivity (Wildman–Crippen MR) is 118 cm³/mol. The van der Waals surface area contributed by atoms with Crippen molar-refractivity contribution in [1.29, 1.82) is 5.26 Å². The van der Waals surface area contributed by atoms with Crippen molar-refractivity contribution in [2.24, 2.45) is 0 Å². The number of nitrogens with zero attached hydrogens (tertiary/aromatic N) is 2. The number of hydrogen-bond donors (Lipinski definition) is 1. The Bertz CT molecular complexity index is 1310. The Morgan fingerprint density at radius 2 is 1.97 bits per heavy atom. The van der Waals surface area contributed by atoms with Gasteiger partial charge in [-0.3, -0.25) is 14.9 Å². The number of rotatable bonds is 8. The Labute approximate surface area is 187 Å². The van der Waals surface area contributed by atoms with Crippen molar-refractivity contribution in [3.63, 3.8) is 0 Å². The van der Waals surface area contributed by atoms with Gasteiger partial charge < -0.3 is 18.9 Å². The molecule has 0 aliphatic rings. The van der Waals surface area contributed by atoms with Crippen LogP contribution in [0.5, 0.6) is 0 Å². The molecule has 2 aromatic heterocycles. The summed E-state index contributed by atoms with van der Waals surface area (Å²) in [6.07, 6.45) is 2.78. The third-order valence-corrected chi connectivity index (χ3v) is 4.62. The van der Waals surface area contributed by atoms with E-state index in [0.717, 1.165) is 0 Å². The average Bonchev–Trinajstić information content (AvgIpc) is 3.27. The molecule has 168 valence electrons. The first kappa shape index (κ1) is 23.2. The number of aromatic nitrogens is 1. The first-order chi connectivity index (χ1) is 15.9. The Hall–Kier alpha value is -4.49. The Balaban J connectivity index is 1.92. The smallest absolute Gasteiger partial charge is 0.338 e. The van der Waals surface area contributed by atoms with Crippen LogP contribution in [-0.4, -0.2) is 29.6 Å². The van der Waals surface area contributed by atoms with Crippen molar-refractivity contribution >= 4 is 23.8 Å². The predicted octanol–water partition coefficient (Wildman–Crippen LogP) is 3.91. The van der Waals surface area contributed by atoms with Crippen LogP contribution in [0.15, 0.2) is 45.6 Å². The molecule has 0 unspecified atom stereocenters. The second-order valence-corrected chi connectivity index (χ2v) is 6.71. The van der Waals surface area contributed by atoms with E-state index in [-0.39, 0.29) is 30.0 Å². The van der Waals surface area contributed by atoms with Crippen LogP contribution < -0.4 is 5.56 Å². The quantitative estimate of drug-likeness (QED) is 0.309. The molecule has 0 aliphatic carbocycles. The van der Waals surface area contributed by atoms with Gasteiger partial charge in [-0.15, -0.1) is 0 Å². The van der Waals surface area contributed by atoms with Gasteiger partial charge in [-0.25, -0.2) is 4.79 Å². The molecular formula is C23H19N3O7. The van der Waals surface area contributed by atoms with Crippen molar-refractivity contribution in [2.75, 3.05) is 13.7 Å². The number of H-pyrrole nitrogens is 1. The van der Waals surface area contributed by atoms with E-state index in [1.165, 1.54) is 19.3 Å². The van der Waals surface area contributed by atoms with Crippen molar-refractivity contribution in [2.45, 2.75) is 13.5 Å². The Kier molecular flexibility index (Phi) is 7.17. The second kappa shape index (κ2) is 10.2. The number of methoxy groups -OCH3 is 1. The molecule has 0 aliphatic heterocycles. The molecule has 3 aromatic rings. The topological polar surface area (TPSA) is 148 Å². The number of pyridine rings is 1. The monoisotopic (exact) mass is 449 g/mol. The summed E-state index contributed by atoms with van der Waals surface area (Å²) < 4.78 is 15.6. The summed E-state index contributed by atoms with van der Waals surface area (Å²) >= 11 is 0. The van der Waals surface area contributed by atoms with Gasteiger partial charge in [0.15, 0.2) is 0 Å². The van der Waals surface area contributed by atoms with E-state index >= 15 is 0 Å². The number of aromatic amines is 1. The third kappa shape index (κ3) is 5.06. The fraction of sp³-hybridized carbons (Fsp3) is 0.174. The van der Waals surface area contributed by atoms with Gasteiger partial charge >= 0.3 is 5.97 Å². The van der Waals surface area contributed by atoms with E-state index in [9.17, 15) is 25.0 Å². The summed E-state index contributed by atoms with van der Waals surface area (Å²) in [4.78, 5) is 37.3. The number of carbonyl (C=O) groups excluding carboxylic acids is 1. The van der Waals surface area contributed by atoms with Gasteiger partial charge in [-0.2, -0.15) is 5.26 Å². The summed E-state index contributed by atoms with van der Waals surface area (Å²) in [6.45, 7) is 1.74. The molecule has 1 N–H and O–H groups in total. The molecule has 10 nitrogen and oxygen atoms in total. The molecule has 0 spiro atoms. The lowest BCUT2D eigenvalue weighted by atomic mass is 10.1. The lowest BCUT2D eigenvalue weighted by Crippen LogP contribution is -2.18. The molecule has 3 rings (SSSR count). The van der Waals surface area contributed by atoms with Crippen LogP contribution in [0.4, 0.5) is 5.69 Å². The summed E-state index contributed by atoms with van der Waals surface area (Å²) in [6, 6.07) is 11.7. The standard InChI is InChI=1S/C23H19N3O7/c1-3-32-23(28)15-6-4-14(5-7-15)20-11-9-16(33-20)8-10-19-21(26(29)30)18(13-31-2)17(12-24)22(27)25-19/h4-11H,3,13H2,1-2H3,(H,25,27). The van der Waals surface area contributed by atoms with E-state index < -0.39 is 22.1 Å². The highest BCUT2D eigenvalue weighted by Gasteiger charge is 2.25. The minimum absolute atomic E-state index is 0.0900. The summed E-state index contributed by atoms with van der Waals surface area (Å²) in [7, 11) is 1.31.